The monoisotopic (exact) mass is 415 g/mol. The van der Waals surface area contributed by atoms with Gasteiger partial charge in [0.2, 0.25) is 5.91 Å². The van der Waals surface area contributed by atoms with E-state index in [-0.39, 0.29) is 61.3 Å². The number of fused-ring (bicyclic) bond motifs is 3. The number of H-pyrrole nitrogens is 1. The van der Waals surface area contributed by atoms with Crippen LogP contribution >= 0.6 is 0 Å². The van der Waals surface area contributed by atoms with E-state index in [1.165, 1.54) is 24.7 Å². The lowest BCUT2D eigenvalue weighted by atomic mass is 10.1. The van der Waals surface area contributed by atoms with E-state index in [1.54, 1.807) is 4.90 Å². The maximum atomic E-state index is 13.7. The van der Waals surface area contributed by atoms with Crippen LogP contribution in [0.3, 0.4) is 0 Å². The highest BCUT2D eigenvalue weighted by Gasteiger charge is 2.39. The number of aromatic amines is 1. The second kappa shape index (κ2) is 8.52. The van der Waals surface area contributed by atoms with Crippen LogP contribution in [0.4, 0.5) is 4.39 Å². The maximum absolute atomic E-state index is 13.7. The Hall–Kier alpha value is -3.43. The van der Waals surface area contributed by atoms with Crippen LogP contribution in [-0.2, 0) is 4.79 Å². The molecule has 0 radical (unpaired) electrons. The minimum absolute atomic E-state index is 0.0689. The molecule has 0 aliphatic carbocycles. The minimum Gasteiger partial charge on any atom is -0.491 e. The first-order valence-electron chi connectivity index (χ1n) is 9.81. The van der Waals surface area contributed by atoms with Gasteiger partial charge in [-0.2, -0.15) is 0 Å². The molecular formula is C20H22FN5O4. The summed E-state index contributed by atoms with van der Waals surface area (Å²) in [5.74, 6) is -1.27. The minimum atomic E-state index is -0.557. The van der Waals surface area contributed by atoms with E-state index in [0.717, 1.165) is 6.07 Å². The molecule has 2 aliphatic heterocycles. The van der Waals surface area contributed by atoms with Gasteiger partial charge in [-0.1, -0.05) is 0 Å². The fourth-order valence-electron chi connectivity index (χ4n) is 3.95. The van der Waals surface area contributed by atoms with E-state index in [9.17, 15) is 18.8 Å². The Balaban J connectivity index is 1.61. The first-order chi connectivity index (χ1) is 14.5. The molecule has 30 heavy (non-hydrogen) atoms. The highest BCUT2D eigenvalue weighted by molar-refractivity contribution is 5.97. The van der Waals surface area contributed by atoms with Gasteiger partial charge in [-0.15, -0.1) is 0 Å². The molecule has 2 atom stereocenters. The zero-order valence-corrected chi connectivity index (χ0v) is 16.2. The van der Waals surface area contributed by atoms with Crippen molar-refractivity contribution in [1.82, 2.24) is 25.5 Å². The molecule has 9 nitrogen and oxygen atoms in total. The molecule has 0 saturated carbocycles. The van der Waals surface area contributed by atoms with Crippen molar-refractivity contribution >= 4 is 17.7 Å². The summed E-state index contributed by atoms with van der Waals surface area (Å²) >= 11 is 0. The Kier molecular flexibility index (Phi) is 5.64. The Morgan fingerprint density at radius 2 is 2.03 bits per heavy atom. The number of hydrogen-bond donors (Lipinski definition) is 3. The molecule has 3 heterocycles. The van der Waals surface area contributed by atoms with Gasteiger partial charge in [-0.3, -0.25) is 14.4 Å². The van der Waals surface area contributed by atoms with Gasteiger partial charge in [0.1, 0.15) is 23.9 Å². The van der Waals surface area contributed by atoms with Gasteiger partial charge in [-0.25, -0.2) is 9.37 Å². The zero-order valence-electron chi connectivity index (χ0n) is 16.2. The molecule has 0 unspecified atom stereocenters. The highest BCUT2D eigenvalue weighted by Crippen LogP contribution is 2.28. The Labute approximate surface area is 172 Å². The van der Waals surface area contributed by atoms with Crippen LogP contribution in [0, 0.1) is 5.82 Å². The number of hydrogen-bond acceptors (Lipinski definition) is 5. The number of carbonyl (C=O) groups excluding carboxylic acids is 3. The van der Waals surface area contributed by atoms with Crippen molar-refractivity contribution in [2.24, 2.45) is 0 Å². The fraction of sp³-hybridized carbons (Fsp3) is 0.400. The SMILES string of the molecule is O=C1C[C@@H]2CC[C@H](CNC(=O)c3cc(F)ccc3OCCN1)N2C(=O)c1cnc[nH]1. The number of rotatable bonds is 1. The third kappa shape index (κ3) is 4.12. The largest absolute Gasteiger partial charge is 0.491 e. The number of halogens is 1. The molecule has 3 N–H and O–H groups in total. The molecule has 1 aromatic heterocycles. The van der Waals surface area contributed by atoms with Gasteiger partial charge in [0, 0.05) is 25.0 Å². The van der Waals surface area contributed by atoms with Crippen LogP contribution in [0.25, 0.3) is 0 Å². The second-order valence-electron chi connectivity index (χ2n) is 7.32. The number of imidazole rings is 1. The van der Waals surface area contributed by atoms with E-state index in [1.807, 2.05) is 0 Å². The Bertz CT molecular complexity index is 949. The van der Waals surface area contributed by atoms with Gasteiger partial charge in [0.25, 0.3) is 11.8 Å². The van der Waals surface area contributed by atoms with E-state index >= 15 is 0 Å². The van der Waals surface area contributed by atoms with Crippen molar-refractivity contribution in [3.05, 3.63) is 47.8 Å². The molecule has 1 aromatic carbocycles. The van der Waals surface area contributed by atoms with Gasteiger partial charge in [0.15, 0.2) is 0 Å². The van der Waals surface area contributed by atoms with Gasteiger partial charge >= 0.3 is 0 Å². The van der Waals surface area contributed by atoms with Crippen molar-refractivity contribution in [3.63, 3.8) is 0 Å². The Morgan fingerprint density at radius 3 is 2.83 bits per heavy atom. The third-order valence-corrected chi connectivity index (χ3v) is 5.37. The van der Waals surface area contributed by atoms with Gasteiger partial charge < -0.3 is 25.3 Å². The molecule has 0 spiro atoms. The van der Waals surface area contributed by atoms with Crippen molar-refractivity contribution in [2.45, 2.75) is 31.3 Å². The van der Waals surface area contributed by atoms with Crippen LogP contribution in [0.15, 0.2) is 30.7 Å². The predicted octanol–water partition coefficient (Wildman–Crippen LogP) is 0.851. The van der Waals surface area contributed by atoms with E-state index in [4.69, 9.17) is 4.74 Å². The van der Waals surface area contributed by atoms with Crippen LogP contribution in [0.2, 0.25) is 0 Å². The fourth-order valence-corrected chi connectivity index (χ4v) is 3.95. The number of nitrogens with zero attached hydrogens (tertiary/aromatic N) is 2. The summed E-state index contributed by atoms with van der Waals surface area (Å²) < 4.78 is 19.3. The molecule has 2 bridgehead atoms. The molecule has 1 fully saturated rings. The quantitative estimate of drug-likeness (QED) is 0.639. The normalized spacial score (nSPS) is 22.4. The second-order valence-corrected chi connectivity index (χ2v) is 7.32. The molecular weight excluding hydrogens is 393 g/mol. The molecule has 2 aliphatic rings. The average Bonchev–Trinajstić information content (AvgIpc) is 3.39. The standard InChI is InChI=1S/C20H22FN5O4/c21-12-1-4-17-15(7-12)19(28)24-9-14-3-2-13(8-18(27)23-5-6-30-17)26(14)20(29)16-10-22-11-25-16/h1,4,7,10-11,13-14H,2-3,5-6,8-9H2,(H,22,25)(H,23,27)(H,24,28)/t13-,14+/m0/s1. The zero-order chi connectivity index (χ0) is 21.1. The number of carbonyl (C=O) groups is 3. The first kappa shape index (κ1) is 19.9. The number of benzene rings is 1. The van der Waals surface area contributed by atoms with Crippen LogP contribution in [-0.4, -0.2) is 64.4 Å². The summed E-state index contributed by atoms with van der Waals surface area (Å²) in [6, 6.07) is 3.11. The Morgan fingerprint density at radius 1 is 1.20 bits per heavy atom. The lowest BCUT2D eigenvalue weighted by Crippen LogP contribution is -2.48. The lowest BCUT2D eigenvalue weighted by molar-refractivity contribution is -0.122. The molecule has 158 valence electrons. The summed E-state index contributed by atoms with van der Waals surface area (Å²) in [6.07, 6.45) is 4.27. The highest BCUT2D eigenvalue weighted by atomic mass is 19.1. The van der Waals surface area contributed by atoms with Crippen molar-refractivity contribution in [2.75, 3.05) is 19.7 Å². The van der Waals surface area contributed by atoms with Crippen molar-refractivity contribution in [3.8, 4) is 5.75 Å². The first-order valence-corrected chi connectivity index (χ1v) is 9.81. The molecule has 4 rings (SSSR count). The average molecular weight is 415 g/mol. The third-order valence-electron chi connectivity index (χ3n) is 5.37. The summed E-state index contributed by atoms with van der Waals surface area (Å²) in [6.45, 7) is 0.524. The number of ether oxygens (including phenoxy) is 1. The molecule has 2 aromatic rings. The van der Waals surface area contributed by atoms with E-state index in [2.05, 4.69) is 20.6 Å². The van der Waals surface area contributed by atoms with Gasteiger partial charge in [0.05, 0.1) is 24.6 Å². The van der Waals surface area contributed by atoms with Gasteiger partial charge in [-0.05, 0) is 31.0 Å². The maximum Gasteiger partial charge on any atom is 0.272 e. The van der Waals surface area contributed by atoms with E-state index in [0.29, 0.717) is 18.5 Å². The number of nitrogens with one attached hydrogen (secondary N) is 3. The topological polar surface area (TPSA) is 116 Å². The molecule has 1 saturated heterocycles. The summed E-state index contributed by atoms with van der Waals surface area (Å²) in [5, 5.41) is 5.55. The lowest BCUT2D eigenvalue weighted by Gasteiger charge is -2.30. The van der Waals surface area contributed by atoms with E-state index < -0.39 is 11.7 Å². The summed E-state index contributed by atoms with van der Waals surface area (Å²) in [4.78, 5) is 46.5. The van der Waals surface area contributed by atoms with Crippen LogP contribution in [0.5, 0.6) is 5.75 Å². The smallest absolute Gasteiger partial charge is 0.272 e. The predicted molar refractivity (Wildman–Crippen MR) is 103 cm³/mol. The van der Waals surface area contributed by atoms with Crippen LogP contribution < -0.4 is 15.4 Å². The number of aromatic nitrogens is 2. The number of amides is 3. The van der Waals surface area contributed by atoms with Crippen LogP contribution in [0.1, 0.15) is 40.1 Å². The summed E-state index contributed by atoms with van der Waals surface area (Å²) in [7, 11) is 0. The summed E-state index contributed by atoms with van der Waals surface area (Å²) in [5.41, 5.74) is 0.389. The van der Waals surface area contributed by atoms with Crippen molar-refractivity contribution in [1.29, 1.82) is 0 Å². The molecule has 3 amide bonds. The molecule has 10 heteroatoms. The van der Waals surface area contributed by atoms with Crippen molar-refractivity contribution < 1.29 is 23.5 Å².